The van der Waals surface area contributed by atoms with E-state index in [9.17, 15) is 4.79 Å². The SMILES string of the molecule is Cc1ccc(-c2c3c(nc4occc24)C(=O)CCN3)cc1. The van der Waals surface area contributed by atoms with Gasteiger partial charge in [0.25, 0.3) is 0 Å². The summed E-state index contributed by atoms with van der Waals surface area (Å²) in [7, 11) is 0. The fourth-order valence-electron chi connectivity index (χ4n) is 2.80. The number of hydrogen-bond acceptors (Lipinski definition) is 4. The molecular formula is C17H14N2O2. The van der Waals surface area contributed by atoms with Crippen molar-refractivity contribution in [1.82, 2.24) is 4.98 Å². The van der Waals surface area contributed by atoms with E-state index in [-0.39, 0.29) is 5.78 Å². The highest BCUT2D eigenvalue weighted by molar-refractivity contribution is 6.10. The van der Waals surface area contributed by atoms with Crippen molar-refractivity contribution >= 4 is 22.6 Å². The molecule has 0 fully saturated rings. The van der Waals surface area contributed by atoms with Crippen molar-refractivity contribution in [2.75, 3.05) is 11.9 Å². The van der Waals surface area contributed by atoms with Gasteiger partial charge in [-0.3, -0.25) is 4.79 Å². The largest absolute Gasteiger partial charge is 0.446 e. The predicted molar refractivity (Wildman–Crippen MR) is 81.6 cm³/mol. The highest BCUT2D eigenvalue weighted by Crippen LogP contribution is 2.39. The Labute approximate surface area is 121 Å². The molecule has 4 heteroatoms. The van der Waals surface area contributed by atoms with Crippen LogP contribution in [0.5, 0.6) is 0 Å². The van der Waals surface area contributed by atoms with E-state index in [0.717, 1.165) is 22.2 Å². The Kier molecular flexibility index (Phi) is 2.57. The highest BCUT2D eigenvalue weighted by atomic mass is 16.3. The second-order valence-electron chi connectivity index (χ2n) is 5.32. The van der Waals surface area contributed by atoms with Crippen molar-refractivity contribution in [3.05, 3.63) is 47.9 Å². The summed E-state index contributed by atoms with van der Waals surface area (Å²) in [5.74, 6) is 0.0652. The molecule has 3 heterocycles. The average Bonchev–Trinajstić information content (AvgIpc) is 2.95. The fourth-order valence-corrected chi connectivity index (χ4v) is 2.80. The second kappa shape index (κ2) is 4.45. The molecule has 0 unspecified atom stereocenters. The van der Waals surface area contributed by atoms with Crippen LogP contribution in [0.3, 0.4) is 0 Å². The zero-order valence-corrected chi connectivity index (χ0v) is 11.6. The van der Waals surface area contributed by atoms with E-state index in [0.29, 0.717) is 24.4 Å². The normalized spacial score (nSPS) is 14.0. The maximum absolute atomic E-state index is 12.1. The quantitative estimate of drug-likeness (QED) is 0.735. The van der Waals surface area contributed by atoms with Crippen LogP contribution in [0, 0.1) is 6.92 Å². The van der Waals surface area contributed by atoms with Crippen LogP contribution in [-0.2, 0) is 0 Å². The maximum Gasteiger partial charge on any atom is 0.227 e. The van der Waals surface area contributed by atoms with Gasteiger partial charge in [0, 0.05) is 18.5 Å². The molecule has 0 saturated carbocycles. The number of ketones is 1. The van der Waals surface area contributed by atoms with Crippen molar-refractivity contribution < 1.29 is 9.21 Å². The lowest BCUT2D eigenvalue weighted by Gasteiger charge is -2.20. The van der Waals surface area contributed by atoms with Gasteiger partial charge in [0.1, 0.15) is 5.69 Å². The molecule has 4 rings (SSSR count). The van der Waals surface area contributed by atoms with Crippen molar-refractivity contribution in [1.29, 1.82) is 0 Å². The van der Waals surface area contributed by atoms with Gasteiger partial charge in [0.15, 0.2) is 5.78 Å². The van der Waals surface area contributed by atoms with Crippen LogP contribution in [0.2, 0.25) is 0 Å². The second-order valence-corrected chi connectivity index (χ2v) is 5.32. The first-order chi connectivity index (χ1) is 10.2. The molecule has 0 amide bonds. The lowest BCUT2D eigenvalue weighted by molar-refractivity contribution is 0.0979. The van der Waals surface area contributed by atoms with Gasteiger partial charge >= 0.3 is 0 Å². The summed E-state index contributed by atoms with van der Waals surface area (Å²) in [6, 6.07) is 10.2. The van der Waals surface area contributed by atoms with E-state index in [1.165, 1.54) is 5.56 Å². The molecule has 0 radical (unpaired) electrons. The van der Waals surface area contributed by atoms with Gasteiger partial charge in [-0.25, -0.2) is 4.98 Å². The number of aromatic nitrogens is 1. The van der Waals surface area contributed by atoms with Crippen molar-refractivity contribution in [3.63, 3.8) is 0 Å². The molecule has 3 aromatic rings. The maximum atomic E-state index is 12.1. The molecular weight excluding hydrogens is 264 g/mol. The average molecular weight is 278 g/mol. The van der Waals surface area contributed by atoms with Crippen LogP contribution < -0.4 is 5.32 Å². The molecule has 0 spiro atoms. The van der Waals surface area contributed by atoms with Crippen LogP contribution in [0.4, 0.5) is 5.69 Å². The molecule has 1 N–H and O–H groups in total. The van der Waals surface area contributed by atoms with Gasteiger partial charge in [-0.05, 0) is 18.6 Å². The Hall–Kier alpha value is -2.62. The molecule has 0 saturated heterocycles. The molecule has 0 atom stereocenters. The predicted octanol–water partition coefficient (Wildman–Crippen LogP) is 3.80. The number of aryl methyl sites for hydroxylation is 1. The molecule has 4 nitrogen and oxygen atoms in total. The summed E-state index contributed by atoms with van der Waals surface area (Å²) < 4.78 is 5.43. The Bertz CT molecular complexity index is 847. The molecule has 21 heavy (non-hydrogen) atoms. The minimum Gasteiger partial charge on any atom is -0.446 e. The molecule has 0 bridgehead atoms. The Morgan fingerprint density at radius 2 is 2.00 bits per heavy atom. The zero-order chi connectivity index (χ0) is 14.4. The number of carbonyl (C=O) groups excluding carboxylic acids is 1. The summed E-state index contributed by atoms with van der Waals surface area (Å²) in [6.07, 6.45) is 2.09. The highest BCUT2D eigenvalue weighted by Gasteiger charge is 2.25. The first-order valence-electron chi connectivity index (χ1n) is 6.99. The van der Waals surface area contributed by atoms with Gasteiger partial charge in [-0.15, -0.1) is 0 Å². The van der Waals surface area contributed by atoms with Crippen LogP contribution in [0.25, 0.3) is 22.2 Å². The van der Waals surface area contributed by atoms with Crippen molar-refractivity contribution in [2.45, 2.75) is 13.3 Å². The first-order valence-corrected chi connectivity index (χ1v) is 6.99. The molecule has 2 aromatic heterocycles. The Morgan fingerprint density at radius 1 is 1.19 bits per heavy atom. The van der Waals surface area contributed by atoms with E-state index in [1.54, 1.807) is 6.26 Å². The minimum absolute atomic E-state index is 0.0652. The zero-order valence-electron chi connectivity index (χ0n) is 11.6. The number of benzene rings is 1. The smallest absolute Gasteiger partial charge is 0.227 e. The Morgan fingerprint density at radius 3 is 2.81 bits per heavy atom. The van der Waals surface area contributed by atoms with E-state index in [4.69, 9.17) is 4.42 Å². The monoisotopic (exact) mass is 278 g/mol. The van der Waals surface area contributed by atoms with E-state index in [1.807, 2.05) is 6.07 Å². The van der Waals surface area contributed by atoms with E-state index < -0.39 is 0 Å². The number of hydrogen-bond donors (Lipinski definition) is 1. The van der Waals surface area contributed by atoms with Gasteiger partial charge in [0.05, 0.1) is 17.3 Å². The molecule has 1 aliphatic rings. The summed E-state index contributed by atoms with van der Waals surface area (Å²) in [6.45, 7) is 2.71. The van der Waals surface area contributed by atoms with Gasteiger partial charge in [-0.2, -0.15) is 0 Å². The number of nitrogens with zero attached hydrogens (tertiary/aromatic N) is 1. The minimum atomic E-state index is 0.0652. The molecule has 0 aliphatic carbocycles. The van der Waals surface area contributed by atoms with Crippen LogP contribution in [0.15, 0.2) is 41.0 Å². The third-order valence-corrected chi connectivity index (χ3v) is 3.87. The van der Waals surface area contributed by atoms with E-state index >= 15 is 0 Å². The van der Waals surface area contributed by atoms with Crippen LogP contribution >= 0.6 is 0 Å². The van der Waals surface area contributed by atoms with Crippen LogP contribution in [-0.4, -0.2) is 17.3 Å². The number of pyridine rings is 1. The lowest BCUT2D eigenvalue weighted by Crippen LogP contribution is -2.20. The van der Waals surface area contributed by atoms with Crippen molar-refractivity contribution in [2.24, 2.45) is 0 Å². The fraction of sp³-hybridized carbons (Fsp3) is 0.176. The molecule has 1 aliphatic heterocycles. The van der Waals surface area contributed by atoms with Crippen LogP contribution in [0.1, 0.15) is 22.5 Å². The number of nitrogens with one attached hydrogen (secondary N) is 1. The number of Topliss-reactive ketones (excluding diaryl/α,β-unsaturated/α-hetero) is 1. The number of carbonyl (C=O) groups is 1. The lowest BCUT2D eigenvalue weighted by atomic mass is 9.96. The van der Waals surface area contributed by atoms with Gasteiger partial charge in [-0.1, -0.05) is 29.8 Å². The third kappa shape index (κ3) is 1.83. The van der Waals surface area contributed by atoms with E-state index in [2.05, 4.69) is 41.5 Å². The molecule has 1 aromatic carbocycles. The molecule has 104 valence electrons. The standard InChI is InChI=1S/C17H14N2O2/c1-10-2-4-11(5-3-10)14-12-7-9-21-17(12)19-15-13(20)6-8-18-16(14)15/h2-5,7,9,18H,6,8H2,1H3. The first kappa shape index (κ1) is 12.1. The summed E-state index contributed by atoms with van der Waals surface area (Å²) >= 11 is 0. The number of fused-ring (bicyclic) bond motifs is 2. The van der Waals surface area contributed by atoms with Gasteiger partial charge in [0.2, 0.25) is 5.71 Å². The number of rotatable bonds is 1. The summed E-state index contributed by atoms with van der Waals surface area (Å²) in [5, 5.41) is 4.26. The third-order valence-electron chi connectivity index (χ3n) is 3.87. The Balaban J connectivity index is 2.08. The number of furan rings is 1. The van der Waals surface area contributed by atoms with Gasteiger partial charge < -0.3 is 9.73 Å². The number of anilines is 1. The summed E-state index contributed by atoms with van der Waals surface area (Å²) in [5.41, 5.74) is 5.09. The summed E-state index contributed by atoms with van der Waals surface area (Å²) in [4.78, 5) is 16.5. The van der Waals surface area contributed by atoms with Crippen molar-refractivity contribution in [3.8, 4) is 11.1 Å². The topological polar surface area (TPSA) is 55.1 Å².